The summed E-state index contributed by atoms with van der Waals surface area (Å²) in [6.07, 6.45) is 12.5. The molecule has 0 rings (SSSR count). The minimum Gasteiger partial charge on any atom is -0.356 e. The van der Waals surface area contributed by atoms with E-state index in [1.54, 1.807) is 0 Å². The minimum absolute atomic E-state index is 0.177. The third kappa shape index (κ3) is 19.8. The topological polar surface area (TPSA) is 41.1 Å². The predicted octanol–water partition coefficient (Wildman–Crippen LogP) is 4.27. The Morgan fingerprint density at radius 1 is 0.750 bits per heavy atom. The van der Waals surface area contributed by atoms with Crippen molar-refractivity contribution in [1.82, 2.24) is 10.6 Å². The van der Waals surface area contributed by atoms with Crippen LogP contribution in [0.5, 0.6) is 0 Å². The van der Waals surface area contributed by atoms with E-state index in [4.69, 9.17) is 0 Å². The maximum Gasteiger partial charge on any atom is 0.219 e. The van der Waals surface area contributed by atoms with Crippen LogP contribution in [0.3, 0.4) is 0 Å². The Morgan fingerprint density at radius 2 is 1.15 bits per heavy atom. The number of amides is 1. The molecule has 0 aliphatic carbocycles. The molecular weight excluding hydrogens is 248 g/mol. The fourth-order valence-electron chi connectivity index (χ4n) is 2.02. The first-order valence-corrected chi connectivity index (χ1v) is 8.72. The number of rotatable bonds is 13. The van der Waals surface area contributed by atoms with E-state index in [9.17, 15) is 4.79 Å². The molecule has 20 heavy (non-hydrogen) atoms. The van der Waals surface area contributed by atoms with Gasteiger partial charge in [0.2, 0.25) is 5.91 Å². The molecule has 122 valence electrons. The van der Waals surface area contributed by atoms with Crippen LogP contribution in [0.2, 0.25) is 0 Å². The first-order chi connectivity index (χ1) is 9.81. The first-order valence-electron chi connectivity index (χ1n) is 8.72. The largest absolute Gasteiger partial charge is 0.356 e. The van der Waals surface area contributed by atoms with Crippen LogP contribution >= 0.6 is 0 Å². The predicted molar refractivity (Wildman–Crippen MR) is 90.1 cm³/mol. The summed E-state index contributed by atoms with van der Waals surface area (Å²) in [5, 5.41) is 6.10. The lowest BCUT2D eigenvalue weighted by molar-refractivity contribution is -0.120. The fraction of sp³-hybridized carbons (Fsp3) is 0.941. The lowest BCUT2D eigenvalue weighted by atomic mass is 10.1. The second-order valence-electron chi connectivity index (χ2n) is 4.99. The molecule has 0 spiro atoms. The van der Waals surface area contributed by atoms with Crippen molar-refractivity contribution in [2.24, 2.45) is 0 Å². The van der Waals surface area contributed by atoms with Gasteiger partial charge >= 0.3 is 0 Å². The third-order valence-electron chi connectivity index (χ3n) is 3.25. The zero-order chi connectivity index (χ0) is 15.5. The molecule has 0 aliphatic heterocycles. The van der Waals surface area contributed by atoms with Crippen molar-refractivity contribution in [2.45, 2.75) is 85.0 Å². The highest BCUT2D eigenvalue weighted by atomic mass is 16.1. The van der Waals surface area contributed by atoms with Crippen molar-refractivity contribution >= 4 is 5.91 Å². The second kappa shape index (κ2) is 20.7. The summed E-state index contributed by atoms with van der Waals surface area (Å²) in [4.78, 5) is 11.0. The Balaban J connectivity index is 0. The van der Waals surface area contributed by atoms with Crippen LogP contribution in [0, 0.1) is 0 Å². The fourth-order valence-corrected chi connectivity index (χ4v) is 2.02. The van der Waals surface area contributed by atoms with Gasteiger partial charge in [-0.25, -0.2) is 0 Å². The first kappa shape index (κ1) is 21.7. The molecule has 0 aromatic rings. The summed E-state index contributed by atoms with van der Waals surface area (Å²) in [5.41, 5.74) is 0. The van der Waals surface area contributed by atoms with Gasteiger partial charge in [0.25, 0.3) is 0 Å². The lowest BCUT2D eigenvalue weighted by Crippen LogP contribution is -2.23. The molecule has 0 atom stereocenters. The van der Waals surface area contributed by atoms with Crippen molar-refractivity contribution in [2.75, 3.05) is 20.1 Å². The highest BCUT2D eigenvalue weighted by Crippen LogP contribution is 2.09. The van der Waals surface area contributed by atoms with Crippen LogP contribution in [0.1, 0.15) is 85.0 Å². The van der Waals surface area contributed by atoms with Gasteiger partial charge in [-0.05, 0) is 26.4 Å². The number of hydrogen-bond acceptors (Lipinski definition) is 2. The molecule has 0 bridgehead atoms. The summed E-state index contributed by atoms with van der Waals surface area (Å²) in [7, 11) is 2.02. The lowest BCUT2D eigenvalue weighted by Gasteiger charge is -2.04. The van der Waals surface area contributed by atoms with Crippen molar-refractivity contribution in [1.29, 1.82) is 0 Å². The molecular formula is C17H38N2O. The van der Waals surface area contributed by atoms with E-state index < -0.39 is 0 Å². The number of unbranched alkanes of at least 4 members (excludes halogenated alkanes) is 8. The van der Waals surface area contributed by atoms with Crippen LogP contribution < -0.4 is 10.6 Å². The average Bonchev–Trinajstić information content (AvgIpc) is 2.50. The highest BCUT2D eigenvalue weighted by Gasteiger charge is 1.95. The smallest absolute Gasteiger partial charge is 0.219 e. The van der Waals surface area contributed by atoms with E-state index in [0.717, 1.165) is 19.5 Å². The van der Waals surface area contributed by atoms with Gasteiger partial charge in [-0.3, -0.25) is 4.79 Å². The van der Waals surface area contributed by atoms with Gasteiger partial charge in [-0.2, -0.15) is 0 Å². The van der Waals surface area contributed by atoms with Gasteiger partial charge in [-0.1, -0.05) is 65.7 Å². The third-order valence-corrected chi connectivity index (χ3v) is 3.25. The van der Waals surface area contributed by atoms with Gasteiger partial charge in [0.15, 0.2) is 0 Å². The van der Waals surface area contributed by atoms with E-state index in [1.807, 2.05) is 27.8 Å². The molecule has 0 saturated carbocycles. The maximum absolute atomic E-state index is 11.0. The second-order valence-corrected chi connectivity index (χ2v) is 4.99. The van der Waals surface area contributed by atoms with Gasteiger partial charge in [0.05, 0.1) is 0 Å². The Bertz CT molecular complexity index is 184. The van der Waals surface area contributed by atoms with E-state index in [2.05, 4.69) is 10.6 Å². The van der Waals surface area contributed by atoms with Crippen molar-refractivity contribution < 1.29 is 4.79 Å². The molecule has 0 aromatic carbocycles. The molecule has 3 nitrogen and oxygen atoms in total. The van der Waals surface area contributed by atoms with Gasteiger partial charge < -0.3 is 10.6 Å². The average molecular weight is 287 g/mol. The molecule has 0 radical (unpaired) electrons. The van der Waals surface area contributed by atoms with E-state index >= 15 is 0 Å². The molecule has 0 heterocycles. The maximum atomic E-state index is 11.0. The summed E-state index contributed by atoms with van der Waals surface area (Å²) >= 11 is 0. The molecule has 1 amide bonds. The molecule has 0 fully saturated rings. The molecule has 0 aromatic heterocycles. The molecule has 3 heteroatoms. The molecule has 2 N–H and O–H groups in total. The molecule has 0 saturated heterocycles. The number of hydrogen-bond donors (Lipinski definition) is 2. The summed E-state index contributed by atoms with van der Waals surface area (Å²) < 4.78 is 0. The van der Waals surface area contributed by atoms with Crippen molar-refractivity contribution in [3.8, 4) is 0 Å². The Labute approximate surface area is 127 Å². The number of nitrogens with one attached hydrogen (secondary N) is 2. The summed E-state index contributed by atoms with van der Waals surface area (Å²) in [6.45, 7) is 7.91. The Hall–Kier alpha value is -0.570. The number of carbonyl (C=O) groups is 1. The van der Waals surface area contributed by atoms with Crippen LogP contribution in [0.25, 0.3) is 0 Å². The standard InChI is InChI=1S/C15H32N2O.C2H6/c1-3-15(18)17-14-12-10-8-6-4-5-7-9-11-13-16-2;1-2/h16H,3-14H2,1-2H3,(H,17,18);1-2H3. The van der Waals surface area contributed by atoms with Crippen LogP contribution in [-0.4, -0.2) is 26.0 Å². The SMILES string of the molecule is CC.CCC(=O)NCCCCCCCCCCCNC. The normalized spacial score (nSPS) is 9.80. The van der Waals surface area contributed by atoms with Crippen LogP contribution in [0.15, 0.2) is 0 Å². The summed E-state index contributed by atoms with van der Waals surface area (Å²) in [6, 6.07) is 0. The zero-order valence-corrected chi connectivity index (χ0v) is 14.4. The quantitative estimate of drug-likeness (QED) is 0.496. The van der Waals surface area contributed by atoms with Gasteiger partial charge in [0.1, 0.15) is 0 Å². The Kier molecular flexibility index (Phi) is 22.5. The molecule has 0 aliphatic rings. The zero-order valence-electron chi connectivity index (χ0n) is 14.4. The Morgan fingerprint density at radius 3 is 1.55 bits per heavy atom. The van der Waals surface area contributed by atoms with Crippen LogP contribution in [-0.2, 0) is 4.79 Å². The minimum atomic E-state index is 0.177. The van der Waals surface area contributed by atoms with Crippen molar-refractivity contribution in [3.05, 3.63) is 0 Å². The number of carbonyl (C=O) groups excluding carboxylic acids is 1. The van der Waals surface area contributed by atoms with E-state index in [0.29, 0.717) is 6.42 Å². The van der Waals surface area contributed by atoms with Crippen LogP contribution in [0.4, 0.5) is 0 Å². The van der Waals surface area contributed by atoms with E-state index in [-0.39, 0.29) is 5.91 Å². The highest BCUT2D eigenvalue weighted by molar-refractivity contribution is 5.75. The van der Waals surface area contributed by atoms with Gasteiger partial charge in [-0.15, -0.1) is 0 Å². The molecule has 0 unspecified atom stereocenters. The monoisotopic (exact) mass is 286 g/mol. The van der Waals surface area contributed by atoms with Gasteiger partial charge in [0, 0.05) is 13.0 Å². The van der Waals surface area contributed by atoms with E-state index in [1.165, 1.54) is 51.4 Å². The summed E-state index contributed by atoms with van der Waals surface area (Å²) in [5.74, 6) is 0.177. The van der Waals surface area contributed by atoms with Crippen molar-refractivity contribution in [3.63, 3.8) is 0 Å².